The molecular formula is C18H20N4O2S. The maximum atomic E-state index is 9.96. The van der Waals surface area contributed by atoms with E-state index in [1.807, 2.05) is 13.0 Å². The molecule has 0 amide bonds. The predicted molar refractivity (Wildman–Crippen MR) is 97.8 cm³/mol. The molecule has 1 N–H and O–H groups in total. The van der Waals surface area contributed by atoms with Crippen molar-refractivity contribution in [2.75, 3.05) is 18.0 Å². The summed E-state index contributed by atoms with van der Waals surface area (Å²) in [5, 5.41) is 16.0. The van der Waals surface area contributed by atoms with Crippen LogP contribution in [0.5, 0.6) is 0 Å². The van der Waals surface area contributed by atoms with Gasteiger partial charge >= 0.3 is 0 Å². The molecule has 1 aliphatic heterocycles. The van der Waals surface area contributed by atoms with Crippen LogP contribution in [0.1, 0.15) is 24.1 Å². The van der Waals surface area contributed by atoms with Crippen LogP contribution in [0.15, 0.2) is 28.2 Å². The Bertz CT molecular complexity index is 889. The lowest BCUT2D eigenvalue weighted by Crippen LogP contribution is -2.39. The highest BCUT2D eigenvalue weighted by molar-refractivity contribution is 7.13. The second-order valence-electron chi connectivity index (χ2n) is 6.44. The molecule has 0 radical (unpaired) electrons. The van der Waals surface area contributed by atoms with Crippen molar-refractivity contribution < 1.29 is 9.63 Å². The molecule has 6 nitrogen and oxygen atoms in total. The van der Waals surface area contributed by atoms with E-state index in [1.54, 1.807) is 17.5 Å². The van der Waals surface area contributed by atoms with Gasteiger partial charge in [-0.3, -0.25) is 0 Å². The summed E-state index contributed by atoms with van der Waals surface area (Å²) in [6.07, 6.45) is 3.27. The van der Waals surface area contributed by atoms with E-state index in [-0.39, 0.29) is 6.10 Å². The Labute approximate surface area is 150 Å². The minimum absolute atomic E-state index is 0.319. The number of aliphatic hydroxyl groups excluding tert-OH is 1. The van der Waals surface area contributed by atoms with Crippen LogP contribution in [-0.2, 0) is 0 Å². The fourth-order valence-electron chi connectivity index (χ4n) is 3.12. The molecule has 3 aromatic heterocycles. The number of aryl methyl sites for hydroxylation is 2. The largest absolute Gasteiger partial charge is 0.391 e. The normalized spacial score (nSPS) is 17.9. The number of hydrogen-bond donors (Lipinski definition) is 1. The van der Waals surface area contributed by atoms with Gasteiger partial charge < -0.3 is 14.5 Å². The van der Waals surface area contributed by atoms with Crippen molar-refractivity contribution in [2.45, 2.75) is 32.8 Å². The summed E-state index contributed by atoms with van der Waals surface area (Å²) in [5.41, 5.74) is 3.69. The molecular weight excluding hydrogens is 336 g/mol. The fraction of sp³-hybridized carbons (Fsp3) is 0.389. The number of aromatic nitrogens is 3. The molecule has 1 aliphatic rings. The summed E-state index contributed by atoms with van der Waals surface area (Å²) in [6, 6.07) is 3.98. The van der Waals surface area contributed by atoms with E-state index in [9.17, 15) is 5.11 Å². The van der Waals surface area contributed by atoms with E-state index in [2.05, 4.69) is 33.4 Å². The quantitative estimate of drug-likeness (QED) is 0.775. The molecule has 0 unspecified atom stereocenters. The van der Waals surface area contributed by atoms with Crippen LogP contribution in [0.25, 0.3) is 21.9 Å². The van der Waals surface area contributed by atoms with E-state index in [0.29, 0.717) is 18.3 Å². The van der Waals surface area contributed by atoms with Gasteiger partial charge in [0.05, 0.1) is 27.9 Å². The Balaban J connectivity index is 1.81. The highest BCUT2D eigenvalue weighted by atomic mass is 32.1. The molecule has 1 fully saturated rings. The maximum absolute atomic E-state index is 9.96. The third-order valence-electron chi connectivity index (χ3n) is 4.43. The van der Waals surface area contributed by atoms with Gasteiger partial charge in [-0.15, -0.1) is 11.3 Å². The van der Waals surface area contributed by atoms with Crippen molar-refractivity contribution in [1.82, 2.24) is 15.1 Å². The van der Waals surface area contributed by atoms with Gasteiger partial charge in [0.25, 0.3) is 0 Å². The van der Waals surface area contributed by atoms with E-state index in [0.717, 1.165) is 41.2 Å². The molecule has 1 saturated heterocycles. The zero-order chi connectivity index (χ0) is 17.4. The molecule has 0 aliphatic carbocycles. The average Bonchev–Trinajstić information content (AvgIpc) is 3.22. The predicted octanol–water partition coefficient (Wildman–Crippen LogP) is 3.44. The van der Waals surface area contributed by atoms with Crippen molar-refractivity contribution in [1.29, 1.82) is 0 Å². The van der Waals surface area contributed by atoms with Crippen LogP contribution in [0.3, 0.4) is 0 Å². The first kappa shape index (κ1) is 16.2. The lowest BCUT2D eigenvalue weighted by Gasteiger charge is -2.30. The molecule has 4 rings (SSSR count). The van der Waals surface area contributed by atoms with Crippen molar-refractivity contribution in [3.63, 3.8) is 0 Å². The molecule has 1 atom stereocenters. The van der Waals surface area contributed by atoms with E-state index >= 15 is 0 Å². The Morgan fingerprint density at radius 1 is 1.36 bits per heavy atom. The van der Waals surface area contributed by atoms with Crippen LogP contribution >= 0.6 is 11.3 Å². The highest BCUT2D eigenvalue weighted by Gasteiger charge is 2.23. The van der Waals surface area contributed by atoms with Crippen LogP contribution < -0.4 is 4.90 Å². The lowest BCUT2D eigenvalue weighted by molar-refractivity contribution is 0.153. The molecule has 0 saturated carbocycles. The molecule has 25 heavy (non-hydrogen) atoms. The summed E-state index contributed by atoms with van der Waals surface area (Å²) in [7, 11) is 0. The van der Waals surface area contributed by atoms with Crippen LogP contribution in [-0.4, -0.2) is 39.4 Å². The van der Waals surface area contributed by atoms with Gasteiger partial charge in [-0.1, -0.05) is 5.16 Å². The molecule has 7 heteroatoms. The summed E-state index contributed by atoms with van der Waals surface area (Å²) in [6.45, 7) is 5.41. The summed E-state index contributed by atoms with van der Waals surface area (Å²) in [4.78, 5) is 12.5. The number of thiophene rings is 1. The van der Waals surface area contributed by atoms with Crippen LogP contribution in [0.2, 0.25) is 0 Å². The maximum Gasteiger partial charge on any atom is 0.226 e. The minimum Gasteiger partial charge on any atom is -0.391 e. The van der Waals surface area contributed by atoms with Gasteiger partial charge in [-0.05, 0) is 43.7 Å². The van der Waals surface area contributed by atoms with Crippen molar-refractivity contribution >= 4 is 17.3 Å². The van der Waals surface area contributed by atoms with Gasteiger partial charge in [0, 0.05) is 25.4 Å². The highest BCUT2D eigenvalue weighted by Crippen LogP contribution is 2.36. The minimum atomic E-state index is -0.319. The number of piperidine rings is 1. The number of hydrogen-bond acceptors (Lipinski definition) is 7. The lowest BCUT2D eigenvalue weighted by atomic mass is 10.1. The van der Waals surface area contributed by atoms with Gasteiger partial charge in [-0.2, -0.15) is 0 Å². The number of β-amino-alcohol motifs (C(OH)–C–C–N with tert-alkyl or cyclic N) is 1. The molecule has 0 spiro atoms. The van der Waals surface area contributed by atoms with Gasteiger partial charge in [0.2, 0.25) is 5.95 Å². The first-order valence-electron chi connectivity index (χ1n) is 8.40. The fourth-order valence-corrected chi connectivity index (χ4v) is 4.05. The Morgan fingerprint density at radius 2 is 2.24 bits per heavy atom. The summed E-state index contributed by atoms with van der Waals surface area (Å²) < 4.78 is 5.45. The standard InChI is InChI=1S/C18H20N4O2S/c1-11-5-7-25-17(11)16-14(15-8-12(2)21-24-15)9-19-18(20-16)22-6-3-4-13(23)10-22/h5,7-9,13,23H,3-4,6,10H2,1-2H3/t13-/m0/s1. The first-order chi connectivity index (χ1) is 12.1. The van der Waals surface area contributed by atoms with Crippen LogP contribution in [0.4, 0.5) is 5.95 Å². The van der Waals surface area contributed by atoms with E-state index < -0.39 is 0 Å². The third kappa shape index (κ3) is 3.17. The van der Waals surface area contributed by atoms with Crippen molar-refractivity contribution in [3.8, 4) is 21.9 Å². The smallest absolute Gasteiger partial charge is 0.226 e. The van der Waals surface area contributed by atoms with Crippen LogP contribution in [0, 0.1) is 13.8 Å². The summed E-state index contributed by atoms with van der Waals surface area (Å²) in [5.74, 6) is 1.33. The molecule has 130 valence electrons. The number of nitrogens with zero attached hydrogens (tertiary/aromatic N) is 4. The SMILES string of the molecule is Cc1cc(-c2cnc(N3CCC[C@H](O)C3)nc2-c2sccc2C)on1. The van der Waals surface area contributed by atoms with Gasteiger partial charge in [0.1, 0.15) is 0 Å². The number of anilines is 1. The summed E-state index contributed by atoms with van der Waals surface area (Å²) >= 11 is 1.65. The second kappa shape index (κ2) is 6.57. The van der Waals surface area contributed by atoms with E-state index in [4.69, 9.17) is 9.51 Å². The average molecular weight is 356 g/mol. The Morgan fingerprint density at radius 3 is 2.92 bits per heavy atom. The van der Waals surface area contributed by atoms with Crippen molar-refractivity contribution in [3.05, 3.63) is 35.0 Å². The topological polar surface area (TPSA) is 75.3 Å². The van der Waals surface area contributed by atoms with Gasteiger partial charge in [0.15, 0.2) is 5.76 Å². The molecule has 0 bridgehead atoms. The molecule has 4 heterocycles. The van der Waals surface area contributed by atoms with E-state index in [1.165, 1.54) is 5.56 Å². The molecule has 3 aromatic rings. The Kier molecular flexibility index (Phi) is 4.27. The molecule has 0 aromatic carbocycles. The zero-order valence-electron chi connectivity index (χ0n) is 14.3. The van der Waals surface area contributed by atoms with Crippen molar-refractivity contribution in [2.24, 2.45) is 0 Å². The number of rotatable bonds is 3. The Hall–Kier alpha value is -2.25. The third-order valence-corrected chi connectivity index (χ3v) is 5.45. The van der Waals surface area contributed by atoms with Gasteiger partial charge in [-0.25, -0.2) is 9.97 Å². The second-order valence-corrected chi connectivity index (χ2v) is 7.36. The zero-order valence-corrected chi connectivity index (χ0v) is 15.1. The first-order valence-corrected chi connectivity index (χ1v) is 9.28. The monoisotopic (exact) mass is 356 g/mol. The number of aliphatic hydroxyl groups is 1.